The van der Waals surface area contributed by atoms with Gasteiger partial charge in [-0.2, -0.15) is 0 Å². The largest absolute Gasteiger partial charge is 0.293 e. The van der Waals surface area contributed by atoms with Crippen molar-refractivity contribution in [2.24, 2.45) is 11.8 Å². The van der Waals surface area contributed by atoms with Crippen molar-refractivity contribution < 1.29 is 14.4 Å². The number of nitrogens with zero attached hydrogens (tertiary/aromatic N) is 2. The average Bonchev–Trinajstić information content (AvgIpc) is 2.89. The maximum Gasteiger partial charge on any atom is 0.234 e. The monoisotopic (exact) mass is 374 g/mol. The smallest absolute Gasteiger partial charge is 0.234 e. The van der Waals surface area contributed by atoms with Crippen LogP contribution in [0, 0.1) is 11.8 Å². The molecule has 2 fully saturated rings. The van der Waals surface area contributed by atoms with Gasteiger partial charge in [-0.25, -0.2) is 0 Å². The van der Waals surface area contributed by atoms with Gasteiger partial charge < -0.3 is 0 Å². The van der Waals surface area contributed by atoms with E-state index in [4.69, 9.17) is 0 Å². The van der Waals surface area contributed by atoms with E-state index in [1.54, 1.807) is 6.08 Å². The zero-order valence-corrected chi connectivity index (χ0v) is 14.1. The SMILES string of the molecule is CN1C(=O)[C@@H]2[C@@H](C1=O)[C@H]1C(=O)C=C[C@H]2N1Cc1ccc(Br)cc1. The highest BCUT2D eigenvalue weighted by atomic mass is 79.9. The molecule has 3 heterocycles. The number of hydrogen-bond donors (Lipinski definition) is 0. The second kappa shape index (κ2) is 5.11. The molecule has 2 bridgehead atoms. The van der Waals surface area contributed by atoms with Gasteiger partial charge in [0.15, 0.2) is 5.78 Å². The summed E-state index contributed by atoms with van der Waals surface area (Å²) in [7, 11) is 1.51. The van der Waals surface area contributed by atoms with Gasteiger partial charge in [-0.05, 0) is 23.8 Å². The van der Waals surface area contributed by atoms with Gasteiger partial charge in [0.1, 0.15) is 0 Å². The second-order valence-corrected chi connectivity index (χ2v) is 7.20. The second-order valence-electron chi connectivity index (χ2n) is 6.28. The first-order valence-electron chi connectivity index (χ1n) is 7.52. The van der Waals surface area contributed by atoms with E-state index >= 15 is 0 Å². The maximum atomic E-state index is 12.4. The van der Waals surface area contributed by atoms with Gasteiger partial charge in [-0.3, -0.25) is 24.2 Å². The molecule has 0 radical (unpaired) electrons. The number of ketones is 1. The third-order valence-electron chi connectivity index (χ3n) is 5.09. The van der Waals surface area contributed by atoms with Gasteiger partial charge in [0.2, 0.25) is 11.8 Å². The molecule has 0 aliphatic carbocycles. The normalized spacial score (nSPS) is 32.8. The lowest BCUT2D eigenvalue weighted by Gasteiger charge is -2.32. The van der Waals surface area contributed by atoms with Crippen LogP contribution in [0.4, 0.5) is 0 Å². The van der Waals surface area contributed by atoms with E-state index in [1.165, 1.54) is 18.0 Å². The fourth-order valence-corrected chi connectivity index (χ4v) is 4.28. The molecule has 0 unspecified atom stereocenters. The van der Waals surface area contributed by atoms with E-state index in [0.717, 1.165) is 10.0 Å². The zero-order valence-electron chi connectivity index (χ0n) is 12.5. The van der Waals surface area contributed by atoms with Crippen molar-refractivity contribution in [3.63, 3.8) is 0 Å². The van der Waals surface area contributed by atoms with Crippen molar-refractivity contribution in [3.8, 4) is 0 Å². The number of amides is 2. The van der Waals surface area contributed by atoms with E-state index in [9.17, 15) is 14.4 Å². The molecule has 0 saturated carbocycles. The first kappa shape index (κ1) is 14.8. The van der Waals surface area contributed by atoms with E-state index in [-0.39, 0.29) is 23.6 Å². The minimum Gasteiger partial charge on any atom is -0.293 e. The molecule has 118 valence electrons. The average molecular weight is 375 g/mol. The molecule has 0 N–H and O–H groups in total. The summed E-state index contributed by atoms with van der Waals surface area (Å²) in [6.45, 7) is 0.552. The molecule has 23 heavy (non-hydrogen) atoms. The predicted molar refractivity (Wildman–Crippen MR) is 86.2 cm³/mol. The summed E-state index contributed by atoms with van der Waals surface area (Å²) in [5.41, 5.74) is 1.06. The quantitative estimate of drug-likeness (QED) is 0.733. The number of likely N-dealkylation sites (tertiary alicyclic amines) is 1. The summed E-state index contributed by atoms with van der Waals surface area (Å²) in [5.74, 6) is -1.47. The Morgan fingerprint density at radius 1 is 1.04 bits per heavy atom. The molecule has 0 spiro atoms. The molecule has 5 nitrogen and oxygen atoms in total. The Hall–Kier alpha value is -1.79. The molecule has 4 atom stereocenters. The molecular weight excluding hydrogens is 360 g/mol. The molecule has 2 amide bonds. The Labute approximate surface area is 142 Å². The van der Waals surface area contributed by atoms with Crippen molar-refractivity contribution in [1.82, 2.24) is 9.80 Å². The van der Waals surface area contributed by atoms with Crippen LogP contribution in [0.2, 0.25) is 0 Å². The topological polar surface area (TPSA) is 57.7 Å². The van der Waals surface area contributed by atoms with Crippen LogP contribution in [0.5, 0.6) is 0 Å². The fraction of sp³-hybridized carbons (Fsp3) is 0.353. The summed E-state index contributed by atoms with van der Waals surface area (Å²) in [4.78, 5) is 40.4. The lowest BCUT2D eigenvalue weighted by Crippen LogP contribution is -2.48. The van der Waals surface area contributed by atoms with Gasteiger partial charge in [-0.15, -0.1) is 0 Å². The zero-order chi connectivity index (χ0) is 16.3. The highest BCUT2D eigenvalue weighted by molar-refractivity contribution is 9.10. The maximum absolute atomic E-state index is 12.4. The number of benzene rings is 1. The lowest BCUT2D eigenvalue weighted by molar-refractivity contribution is -0.141. The van der Waals surface area contributed by atoms with Gasteiger partial charge in [0.25, 0.3) is 0 Å². The van der Waals surface area contributed by atoms with Crippen molar-refractivity contribution in [2.75, 3.05) is 7.05 Å². The molecule has 2 saturated heterocycles. The Balaban J connectivity index is 1.71. The summed E-state index contributed by atoms with van der Waals surface area (Å²) in [6.07, 6.45) is 3.32. The molecule has 0 aromatic heterocycles. The highest BCUT2D eigenvalue weighted by Crippen LogP contribution is 2.45. The number of carbonyl (C=O) groups excluding carboxylic acids is 3. The first-order valence-corrected chi connectivity index (χ1v) is 8.32. The van der Waals surface area contributed by atoms with Crippen molar-refractivity contribution in [3.05, 3.63) is 46.5 Å². The van der Waals surface area contributed by atoms with E-state index < -0.39 is 17.9 Å². The van der Waals surface area contributed by atoms with Crippen LogP contribution in [0.15, 0.2) is 40.9 Å². The standard InChI is InChI=1S/C17H15BrN2O3/c1-19-16(22)13-11-6-7-12(21)15(14(13)17(19)23)20(11)8-9-2-4-10(18)5-3-9/h2-7,11,13-15H,8H2,1H3/t11-,13+,14-,15-/m1/s1. The van der Waals surface area contributed by atoms with Gasteiger partial charge in [-0.1, -0.05) is 34.1 Å². The van der Waals surface area contributed by atoms with Crippen LogP contribution in [0.1, 0.15) is 5.56 Å². The highest BCUT2D eigenvalue weighted by Gasteiger charge is 2.63. The Kier molecular flexibility index (Phi) is 3.28. The molecule has 3 aliphatic heterocycles. The number of imide groups is 1. The lowest BCUT2D eigenvalue weighted by atomic mass is 9.90. The number of halogens is 1. The Morgan fingerprint density at radius 2 is 1.70 bits per heavy atom. The minimum atomic E-state index is -0.546. The van der Waals surface area contributed by atoms with Gasteiger partial charge in [0, 0.05) is 24.1 Å². The van der Waals surface area contributed by atoms with Crippen molar-refractivity contribution in [2.45, 2.75) is 18.6 Å². The predicted octanol–water partition coefficient (Wildman–Crippen LogP) is 1.37. The Bertz CT molecular complexity index is 743. The van der Waals surface area contributed by atoms with Crippen LogP contribution in [-0.2, 0) is 20.9 Å². The number of carbonyl (C=O) groups is 3. The van der Waals surface area contributed by atoms with Crippen molar-refractivity contribution in [1.29, 1.82) is 0 Å². The van der Waals surface area contributed by atoms with Crippen LogP contribution >= 0.6 is 15.9 Å². The molecule has 6 heteroatoms. The number of hydrogen-bond acceptors (Lipinski definition) is 4. The van der Waals surface area contributed by atoms with E-state index in [2.05, 4.69) is 15.9 Å². The third-order valence-corrected chi connectivity index (χ3v) is 5.62. The molecule has 3 aliphatic rings. The first-order chi connectivity index (χ1) is 11.0. The summed E-state index contributed by atoms with van der Waals surface area (Å²) < 4.78 is 0.989. The number of fused-ring (bicyclic) bond motifs is 5. The molecular formula is C17H15BrN2O3. The van der Waals surface area contributed by atoms with Crippen molar-refractivity contribution >= 4 is 33.5 Å². The summed E-state index contributed by atoms with van der Waals surface area (Å²) >= 11 is 3.40. The van der Waals surface area contributed by atoms with E-state index in [0.29, 0.717) is 6.54 Å². The van der Waals surface area contributed by atoms with E-state index in [1.807, 2.05) is 29.2 Å². The minimum absolute atomic E-state index is 0.0812. The molecule has 4 rings (SSSR count). The fourth-order valence-electron chi connectivity index (χ4n) is 4.02. The summed E-state index contributed by atoms with van der Waals surface area (Å²) in [5, 5.41) is 0. The van der Waals surface area contributed by atoms with Crippen LogP contribution in [-0.4, -0.2) is 46.5 Å². The van der Waals surface area contributed by atoms with Gasteiger partial charge in [0.05, 0.1) is 17.9 Å². The third kappa shape index (κ3) is 2.05. The molecule has 1 aromatic rings. The van der Waals surface area contributed by atoms with Crippen LogP contribution < -0.4 is 0 Å². The summed E-state index contributed by atoms with van der Waals surface area (Å²) in [6, 6.07) is 7.15. The van der Waals surface area contributed by atoms with Crippen LogP contribution in [0.3, 0.4) is 0 Å². The van der Waals surface area contributed by atoms with Gasteiger partial charge >= 0.3 is 0 Å². The van der Waals surface area contributed by atoms with Crippen LogP contribution in [0.25, 0.3) is 0 Å². The molecule has 1 aromatic carbocycles. The number of rotatable bonds is 2. The Morgan fingerprint density at radius 3 is 2.39 bits per heavy atom.